The largest absolute Gasteiger partial charge is 0.325 e. The number of hydrogen-bond acceptors (Lipinski definition) is 6. The van der Waals surface area contributed by atoms with Gasteiger partial charge in [0.05, 0.1) is 27.7 Å². The van der Waals surface area contributed by atoms with Crippen LogP contribution in [0, 0.1) is 6.92 Å². The fourth-order valence-electron chi connectivity index (χ4n) is 3.63. The number of nitrogens with one attached hydrogen (secondary N) is 1. The maximum absolute atomic E-state index is 12.9. The Morgan fingerprint density at radius 2 is 1.79 bits per heavy atom. The average molecular weight is 487 g/mol. The highest BCUT2D eigenvalue weighted by Crippen LogP contribution is 2.31. The summed E-state index contributed by atoms with van der Waals surface area (Å²) in [4.78, 5) is 21.5. The minimum Gasteiger partial charge on any atom is -0.325 e. The van der Waals surface area contributed by atoms with E-state index in [1.54, 1.807) is 12.4 Å². The molecule has 0 radical (unpaired) electrons. The van der Waals surface area contributed by atoms with Crippen molar-refractivity contribution < 1.29 is 4.79 Å². The number of pyridine rings is 2. The summed E-state index contributed by atoms with van der Waals surface area (Å²) in [6, 6.07) is 20.8. The van der Waals surface area contributed by atoms with E-state index in [0.717, 1.165) is 33.5 Å². The van der Waals surface area contributed by atoms with Crippen LogP contribution in [0.15, 0.2) is 84.3 Å². The highest BCUT2D eigenvalue weighted by atomic mass is 35.5. The fourth-order valence-corrected chi connectivity index (χ4v) is 4.59. The third kappa shape index (κ3) is 4.50. The van der Waals surface area contributed by atoms with Crippen LogP contribution >= 0.6 is 23.4 Å². The number of aryl methyl sites for hydroxylation is 1. The summed E-state index contributed by atoms with van der Waals surface area (Å²) in [5.41, 5.74) is 3.99. The topological polar surface area (TPSA) is 85.6 Å². The van der Waals surface area contributed by atoms with Crippen molar-refractivity contribution in [3.63, 3.8) is 0 Å². The number of para-hydroxylation sites is 2. The molecule has 0 saturated carbocycles. The summed E-state index contributed by atoms with van der Waals surface area (Å²) in [5, 5.41) is 13.8. The van der Waals surface area contributed by atoms with E-state index < -0.39 is 0 Å². The number of anilines is 1. The Bertz CT molecular complexity index is 1490. The smallest absolute Gasteiger partial charge is 0.234 e. The molecule has 9 heteroatoms. The van der Waals surface area contributed by atoms with Crippen molar-refractivity contribution in [2.75, 3.05) is 11.1 Å². The predicted molar refractivity (Wildman–Crippen MR) is 135 cm³/mol. The van der Waals surface area contributed by atoms with E-state index in [1.807, 2.05) is 78.2 Å². The first-order valence-electron chi connectivity index (χ1n) is 10.5. The summed E-state index contributed by atoms with van der Waals surface area (Å²) in [5.74, 6) is 0.614. The van der Waals surface area contributed by atoms with Crippen LogP contribution in [0.25, 0.3) is 28.0 Å². The molecule has 0 aliphatic rings. The molecule has 34 heavy (non-hydrogen) atoms. The van der Waals surface area contributed by atoms with Crippen molar-refractivity contribution in [1.82, 2.24) is 24.7 Å². The van der Waals surface area contributed by atoms with Gasteiger partial charge in [-0.25, -0.2) is 0 Å². The predicted octanol–water partition coefficient (Wildman–Crippen LogP) is 5.57. The summed E-state index contributed by atoms with van der Waals surface area (Å²) < 4.78 is 1.86. The third-order valence-corrected chi connectivity index (χ3v) is 6.36. The number of amides is 1. The van der Waals surface area contributed by atoms with Crippen molar-refractivity contribution in [2.24, 2.45) is 0 Å². The van der Waals surface area contributed by atoms with Gasteiger partial charge in [0.25, 0.3) is 0 Å². The van der Waals surface area contributed by atoms with E-state index in [9.17, 15) is 4.79 Å². The molecule has 0 bridgehead atoms. The van der Waals surface area contributed by atoms with Crippen LogP contribution < -0.4 is 5.32 Å². The lowest BCUT2D eigenvalue weighted by molar-refractivity contribution is -0.113. The van der Waals surface area contributed by atoms with Crippen LogP contribution in [0.4, 0.5) is 5.69 Å². The van der Waals surface area contributed by atoms with Crippen molar-refractivity contribution in [2.45, 2.75) is 12.1 Å². The third-order valence-electron chi connectivity index (χ3n) is 5.12. The molecule has 0 spiro atoms. The van der Waals surface area contributed by atoms with E-state index in [4.69, 9.17) is 11.6 Å². The van der Waals surface area contributed by atoms with E-state index >= 15 is 0 Å². The zero-order chi connectivity index (χ0) is 23.5. The standard InChI is InChI=1S/C25H19ClN6OS/c1-16-14-21(18-6-2-4-8-20(18)28-16)29-23(33)15-34-25-31-30-24(17-10-12-27-13-11-17)32(25)22-9-5-3-7-19(22)26/h2-14H,15H2,1H3,(H,28,29,33). The van der Waals surface area contributed by atoms with Gasteiger partial charge < -0.3 is 5.32 Å². The second-order valence-electron chi connectivity index (χ2n) is 7.49. The van der Waals surface area contributed by atoms with Gasteiger partial charge in [0, 0.05) is 29.0 Å². The quantitative estimate of drug-likeness (QED) is 0.316. The van der Waals surface area contributed by atoms with Gasteiger partial charge in [0.1, 0.15) is 0 Å². The summed E-state index contributed by atoms with van der Waals surface area (Å²) in [6.07, 6.45) is 3.39. The van der Waals surface area contributed by atoms with E-state index in [1.165, 1.54) is 11.8 Å². The van der Waals surface area contributed by atoms with Gasteiger partial charge >= 0.3 is 0 Å². The molecular formula is C25H19ClN6OS. The van der Waals surface area contributed by atoms with Crippen molar-refractivity contribution in [1.29, 1.82) is 0 Å². The Labute approximate surface area is 205 Å². The maximum Gasteiger partial charge on any atom is 0.234 e. The molecule has 0 fully saturated rings. The molecule has 0 atom stereocenters. The minimum atomic E-state index is -0.153. The Kier molecular flexibility index (Phi) is 6.24. The number of thioether (sulfide) groups is 1. The summed E-state index contributed by atoms with van der Waals surface area (Å²) in [7, 11) is 0. The lowest BCUT2D eigenvalue weighted by Crippen LogP contribution is -2.15. The molecule has 0 saturated heterocycles. The molecule has 5 rings (SSSR count). The number of hydrogen-bond donors (Lipinski definition) is 1. The van der Waals surface area contributed by atoms with Crippen LogP contribution in [0.2, 0.25) is 5.02 Å². The second-order valence-corrected chi connectivity index (χ2v) is 8.84. The van der Waals surface area contributed by atoms with E-state index in [2.05, 4.69) is 25.5 Å². The molecule has 1 N–H and O–H groups in total. The zero-order valence-electron chi connectivity index (χ0n) is 18.1. The molecule has 0 aliphatic carbocycles. The lowest BCUT2D eigenvalue weighted by atomic mass is 10.1. The molecule has 1 amide bonds. The van der Waals surface area contributed by atoms with Gasteiger partial charge in [0.2, 0.25) is 5.91 Å². The van der Waals surface area contributed by atoms with Gasteiger partial charge in [0.15, 0.2) is 11.0 Å². The first-order chi connectivity index (χ1) is 16.6. The molecule has 5 aromatic rings. The number of fused-ring (bicyclic) bond motifs is 1. The maximum atomic E-state index is 12.9. The molecule has 7 nitrogen and oxygen atoms in total. The molecule has 2 aromatic carbocycles. The molecule has 168 valence electrons. The molecular weight excluding hydrogens is 468 g/mol. The number of carbonyl (C=O) groups excluding carboxylic acids is 1. The Morgan fingerprint density at radius 1 is 1.03 bits per heavy atom. The highest BCUT2D eigenvalue weighted by molar-refractivity contribution is 7.99. The summed E-state index contributed by atoms with van der Waals surface area (Å²) in [6.45, 7) is 1.91. The lowest BCUT2D eigenvalue weighted by Gasteiger charge is -2.12. The van der Waals surface area contributed by atoms with Crippen molar-refractivity contribution in [3.8, 4) is 17.1 Å². The first-order valence-corrected chi connectivity index (χ1v) is 11.9. The first kappa shape index (κ1) is 22.1. The van der Waals surface area contributed by atoms with Crippen LogP contribution in [-0.4, -0.2) is 36.4 Å². The molecule has 3 heterocycles. The van der Waals surface area contributed by atoms with Gasteiger partial charge in [-0.15, -0.1) is 10.2 Å². The molecule has 0 aliphatic heterocycles. The SMILES string of the molecule is Cc1cc(NC(=O)CSc2nnc(-c3ccncc3)n2-c2ccccc2Cl)c2ccccc2n1. The number of carbonyl (C=O) groups is 1. The number of halogens is 1. The van der Waals surface area contributed by atoms with Crippen LogP contribution in [-0.2, 0) is 4.79 Å². The number of aromatic nitrogens is 5. The van der Waals surface area contributed by atoms with Crippen LogP contribution in [0.5, 0.6) is 0 Å². The van der Waals surface area contributed by atoms with Crippen LogP contribution in [0.1, 0.15) is 5.69 Å². The van der Waals surface area contributed by atoms with Gasteiger partial charge in [-0.1, -0.05) is 53.7 Å². The highest BCUT2D eigenvalue weighted by Gasteiger charge is 2.19. The zero-order valence-corrected chi connectivity index (χ0v) is 19.7. The number of benzene rings is 2. The van der Waals surface area contributed by atoms with Crippen molar-refractivity contribution >= 4 is 45.9 Å². The van der Waals surface area contributed by atoms with Gasteiger partial charge in [-0.05, 0) is 43.3 Å². The average Bonchev–Trinajstić information content (AvgIpc) is 3.27. The Morgan fingerprint density at radius 3 is 2.62 bits per heavy atom. The fraction of sp³-hybridized carbons (Fsp3) is 0.0800. The van der Waals surface area contributed by atoms with E-state index in [-0.39, 0.29) is 11.7 Å². The van der Waals surface area contributed by atoms with Crippen LogP contribution in [0.3, 0.4) is 0 Å². The Balaban J connectivity index is 1.43. The van der Waals surface area contributed by atoms with E-state index in [0.29, 0.717) is 16.0 Å². The van der Waals surface area contributed by atoms with Gasteiger partial charge in [-0.2, -0.15) is 0 Å². The second kappa shape index (κ2) is 9.62. The molecule has 3 aromatic heterocycles. The van der Waals surface area contributed by atoms with Crippen molar-refractivity contribution in [3.05, 3.63) is 89.8 Å². The summed E-state index contributed by atoms with van der Waals surface area (Å²) >= 11 is 7.79. The molecule has 0 unspecified atom stereocenters. The number of nitrogens with zero attached hydrogens (tertiary/aromatic N) is 5. The minimum absolute atomic E-state index is 0.147. The normalized spacial score (nSPS) is 11.0. The number of rotatable bonds is 6. The van der Waals surface area contributed by atoms with Gasteiger partial charge in [-0.3, -0.25) is 19.3 Å². The Hall–Kier alpha value is -3.75. The monoisotopic (exact) mass is 486 g/mol.